The van der Waals surface area contributed by atoms with Gasteiger partial charge in [0.1, 0.15) is 5.82 Å². The van der Waals surface area contributed by atoms with Gasteiger partial charge in [0.15, 0.2) is 0 Å². The van der Waals surface area contributed by atoms with Crippen LogP contribution < -0.4 is 0 Å². The van der Waals surface area contributed by atoms with Gasteiger partial charge in [-0.05, 0) is 37.3 Å². The van der Waals surface area contributed by atoms with E-state index >= 15 is 0 Å². The Bertz CT molecular complexity index is 476. The predicted octanol–water partition coefficient (Wildman–Crippen LogP) is 2.88. The van der Waals surface area contributed by atoms with Gasteiger partial charge in [-0.25, -0.2) is 4.39 Å². The Morgan fingerprint density at radius 2 is 2.00 bits per heavy atom. The fraction of sp³-hybridized carbons (Fsp3) is 0.667. The predicted molar refractivity (Wildman–Crippen MR) is 84.4 cm³/mol. The van der Waals surface area contributed by atoms with Crippen molar-refractivity contribution in [1.29, 1.82) is 0 Å². The van der Waals surface area contributed by atoms with E-state index in [-0.39, 0.29) is 11.9 Å². The van der Waals surface area contributed by atoms with E-state index in [1.54, 1.807) is 19.2 Å². The fourth-order valence-corrected chi connectivity index (χ4v) is 3.87. The molecule has 2 atom stereocenters. The number of ether oxygens (including phenoxy) is 2. The van der Waals surface area contributed by atoms with Crippen molar-refractivity contribution in [3.63, 3.8) is 0 Å². The average molecular weight is 307 g/mol. The van der Waals surface area contributed by atoms with E-state index in [1.165, 1.54) is 0 Å². The maximum atomic E-state index is 14.0. The number of methoxy groups -OCH3 is 1. The van der Waals surface area contributed by atoms with Crippen LogP contribution in [0.5, 0.6) is 0 Å². The summed E-state index contributed by atoms with van der Waals surface area (Å²) < 4.78 is 25.1. The highest BCUT2D eigenvalue weighted by Crippen LogP contribution is 2.28. The molecule has 4 heteroatoms. The summed E-state index contributed by atoms with van der Waals surface area (Å²) in [4.78, 5) is 2.57. The largest absolute Gasteiger partial charge is 0.381 e. The zero-order valence-electron chi connectivity index (χ0n) is 13.3. The number of nitrogens with zero attached hydrogens (tertiary/aromatic N) is 1. The first-order valence-electron chi connectivity index (χ1n) is 8.36. The lowest BCUT2D eigenvalue weighted by Crippen LogP contribution is -2.50. The molecule has 0 aliphatic carbocycles. The first-order chi connectivity index (χ1) is 10.8. The molecule has 2 aliphatic rings. The lowest BCUT2D eigenvalue weighted by atomic mass is 9.87. The Hall–Kier alpha value is -0.970. The van der Waals surface area contributed by atoms with Crippen molar-refractivity contribution in [3.05, 3.63) is 35.6 Å². The zero-order chi connectivity index (χ0) is 15.4. The molecule has 2 heterocycles. The van der Waals surface area contributed by atoms with E-state index in [0.29, 0.717) is 12.0 Å². The summed E-state index contributed by atoms with van der Waals surface area (Å²) in [5.74, 6) is 0.263. The van der Waals surface area contributed by atoms with Crippen molar-refractivity contribution in [2.45, 2.75) is 37.8 Å². The number of hydrogen-bond donors (Lipinski definition) is 0. The molecule has 0 radical (unpaired) electrons. The molecule has 122 valence electrons. The third-order valence-electron chi connectivity index (χ3n) is 5.15. The summed E-state index contributed by atoms with van der Waals surface area (Å²) in [6, 6.07) is 7.74. The van der Waals surface area contributed by atoms with E-state index < -0.39 is 0 Å². The lowest BCUT2D eigenvalue weighted by molar-refractivity contribution is -0.0387. The van der Waals surface area contributed by atoms with Gasteiger partial charge in [-0.15, -0.1) is 0 Å². The van der Waals surface area contributed by atoms with Crippen LogP contribution in [0.1, 0.15) is 24.8 Å². The molecule has 3 nitrogen and oxygen atoms in total. The van der Waals surface area contributed by atoms with Crippen molar-refractivity contribution in [1.82, 2.24) is 4.90 Å². The SMILES string of the molecule is CO[C@@H]1CCN(C2CCOCC2)C[C@H]1Cc1ccccc1F. The number of piperidine rings is 1. The Kier molecular flexibility index (Phi) is 5.45. The van der Waals surface area contributed by atoms with Crippen LogP contribution in [0, 0.1) is 11.7 Å². The second kappa shape index (κ2) is 7.53. The molecule has 1 aromatic carbocycles. The quantitative estimate of drug-likeness (QED) is 0.854. The van der Waals surface area contributed by atoms with Crippen LogP contribution in [0.25, 0.3) is 0 Å². The van der Waals surface area contributed by atoms with Gasteiger partial charge in [0.25, 0.3) is 0 Å². The molecule has 0 aromatic heterocycles. The van der Waals surface area contributed by atoms with Crippen LogP contribution >= 0.6 is 0 Å². The maximum absolute atomic E-state index is 14.0. The van der Waals surface area contributed by atoms with Gasteiger partial charge in [0.2, 0.25) is 0 Å². The summed E-state index contributed by atoms with van der Waals surface area (Å²) >= 11 is 0. The molecule has 22 heavy (non-hydrogen) atoms. The molecule has 0 saturated carbocycles. The Labute approximate surface area is 132 Å². The van der Waals surface area contributed by atoms with Gasteiger partial charge in [0, 0.05) is 45.4 Å². The summed E-state index contributed by atoms with van der Waals surface area (Å²) in [6.07, 6.45) is 4.25. The number of hydrogen-bond acceptors (Lipinski definition) is 3. The van der Waals surface area contributed by atoms with E-state index in [1.807, 2.05) is 12.1 Å². The highest BCUT2D eigenvalue weighted by atomic mass is 19.1. The first-order valence-corrected chi connectivity index (χ1v) is 8.36. The third-order valence-corrected chi connectivity index (χ3v) is 5.15. The average Bonchev–Trinajstić information content (AvgIpc) is 2.58. The molecular formula is C18H26FNO2. The molecule has 2 fully saturated rings. The topological polar surface area (TPSA) is 21.7 Å². The molecule has 0 unspecified atom stereocenters. The van der Waals surface area contributed by atoms with Gasteiger partial charge < -0.3 is 9.47 Å². The van der Waals surface area contributed by atoms with Crippen LogP contribution in [0.4, 0.5) is 4.39 Å². The van der Waals surface area contributed by atoms with Crippen LogP contribution in [0.3, 0.4) is 0 Å². The van der Waals surface area contributed by atoms with E-state index in [9.17, 15) is 4.39 Å². The third kappa shape index (κ3) is 3.67. The number of rotatable bonds is 4. The summed E-state index contributed by atoms with van der Waals surface area (Å²) in [5, 5.41) is 0. The van der Waals surface area contributed by atoms with Gasteiger partial charge in [-0.1, -0.05) is 18.2 Å². The highest BCUT2D eigenvalue weighted by Gasteiger charge is 2.33. The minimum absolute atomic E-state index is 0.0967. The van der Waals surface area contributed by atoms with Crippen molar-refractivity contribution in [3.8, 4) is 0 Å². The van der Waals surface area contributed by atoms with Crippen LogP contribution in [-0.4, -0.2) is 50.5 Å². The Morgan fingerprint density at radius 3 is 2.73 bits per heavy atom. The minimum Gasteiger partial charge on any atom is -0.381 e. The molecule has 0 N–H and O–H groups in total. The maximum Gasteiger partial charge on any atom is 0.126 e. The lowest BCUT2D eigenvalue weighted by Gasteiger charge is -2.43. The second-order valence-corrected chi connectivity index (χ2v) is 6.46. The smallest absolute Gasteiger partial charge is 0.126 e. The molecule has 2 saturated heterocycles. The highest BCUT2D eigenvalue weighted by molar-refractivity contribution is 5.18. The molecule has 1 aromatic rings. The second-order valence-electron chi connectivity index (χ2n) is 6.46. The number of benzene rings is 1. The van der Waals surface area contributed by atoms with Gasteiger partial charge >= 0.3 is 0 Å². The molecule has 2 aliphatic heterocycles. The number of likely N-dealkylation sites (tertiary alicyclic amines) is 1. The summed E-state index contributed by atoms with van der Waals surface area (Å²) in [7, 11) is 1.78. The summed E-state index contributed by atoms with van der Waals surface area (Å²) in [6.45, 7) is 3.81. The molecule has 0 amide bonds. The standard InChI is InChI=1S/C18H26FNO2/c1-21-18-6-9-20(16-7-10-22-11-8-16)13-15(18)12-14-4-2-3-5-17(14)19/h2-5,15-16,18H,6-13H2,1H3/t15-,18-/m1/s1. The normalized spacial score (nSPS) is 27.9. The number of halogens is 1. The minimum atomic E-state index is -0.0967. The molecule has 3 rings (SSSR count). The van der Waals surface area contributed by atoms with E-state index in [0.717, 1.165) is 57.6 Å². The van der Waals surface area contributed by atoms with Crippen LogP contribution in [-0.2, 0) is 15.9 Å². The molecule has 0 bridgehead atoms. The summed E-state index contributed by atoms with van der Waals surface area (Å²) in [5.41, 5.74) is 0.809. The zero-order valence-corrected chi connectivity index (χ0v) is 13.3. The fourth-order valence-electron chi connectivity index (χ4n) is 3.87. The van der Waals surface area contributed by atoms with Crippen LogP contribution in [0.2, 0.25) is 0 Å². The Morgan fingerprint density at radius 1 is 1.23 bits per heavy atom. The van der Waals surface area contributed by atoms with Gasteiger partial charge in [-0.2, -0.15) is 0 Å². The molecule has 0 spiro atoms. The van der Waals surface area contributed by atoms with E-state index in [2.05, 4.69) is 4.90 Å². The van der Waals surface area contributed by atoms with E-state index in [4.69, 9.17) is 9.47 Å². The first kappa shape index (κ1) is 15.9. The molecular weight excluding hydrogens is 281 g/mol. The van der Waals surface area contributed by atoms with Gasteiger partial charge in [-0.3, -0.25) is 4.90 Å². The van der Waals surface area contributed by atoms with Gasteiger partial charge in [0.05, 0.1) is 6.10 Å². The van der Waals surface area contributed by atoms with Crippen molar-refractivity contribution < 1.29 is 13.9 Å². The van der Waals surface area contributed by atoms with Crippen LogP contribution in [0.15, 0.2) is 24.3 Å². The van der Waals surface area contributed by atoms with Crippen molar-refractivity contribution in [2.75, 3.05) is 33.4 Å². The van der Waals surface area contributed by atoms with Crippen molar-refractivity contribution >= 4 is 0 Å². The van der Waals surface area contributed by atoms with Crippen molar-refractivity contribution in [2.24, 2.45) is 5.92 Å². The monoisotopic (exact) mass is 307 g/mol. The Balaban J connectivity index is 1.67.